The third-order valence-electron chi connectivity index (χ3n) is 5.68. The molecule has 3 rings (SSSR count). The maximum absolute atomic E-state index is 12.6. The van der Waals surface area contributed by atoms with Gasteiger partial charge >= 0.3 is 0 Å². The highest BCUT2D eigenvalue weighted by Crippen LogP contribution is 2.32. The predicted molar refractivity (Wildman–Crippen MR) is 122 cm³/mol. The van der Waals surface area contributed by atoms with Gasteiger partial charge in [-0.3, -0.25) is 4.79 Å². The smallest absolute Gasteiger partial charge is 0.224 e. The summed E-state index contributed by atoms with van der Waals surface area (Å²) in [6.07, 6.45) is 6.66. The molecule has 7 nitrogen and oxygen atoms in total. The molecule has 1 aliphatic rings. The molecule has 0 bridgehead atoms. The summed E-state index contributed by atoms with van der Waals surface area (Å²) in [6, 6.07) is 7.76. The van der Waals surface area contributed by atoms with E-state index < -0.39 is 0 Å². The molecule has 31 heavy (non-hydrogen) atoms. The zero-order chi connectivity index (χ0) is 22.2. The summed E-state index contributed by atoms with van der Waals surface area (Å²) < 4.78 is 11.4. The standard InChI is InChI=1S/C24H34N4O3/c1-5-6-7-8-9-24(29)28-13-12-27(16-19(28)3)22-15-23(26-17-25-22)31-20-11-10-18(2)14-21(20)30-4/h10-11,14-15,17,19H,5-9,12-13,16H2,1-4H3/t19-/m0/s1. The summed E-state index contributed by atoms with van der Waals surface area (Å²) in [4.78, 5) is 25.5. The molecule has 2 heterocycles. The fourth-order valence-corrected chi connectivity index (χ4v) is 3.91. The van der Waals surface area contributed by atoms with Crippen molar-refractivity contribution in [2.75, 3.05) is 31.6 Å². The lowest BCUT2D eigenvalue weighted by atomic mass is 10.1. The van der Waals surface area contributed by atoms with E-state index in [1.807, 2.05) is 36.1 Å². The molecule has 7 heteroatoms. The van der Waals surface area contributed by atoms with Crippen molar-refractivity contribution < 1.29 is 14.3 Å². The highest BCUT2D eigenvalue weighted by atomic mass is 16.5. The lowest BCUT2D eigenvalue weighted by molar-refractivity contribution is -0.133. The first-order chi connectivity index (χ1) is 15.0. The van der Waals surface area contributed by atoms with E-state index in [4.69, 9.17) is 9.47 Å². The molecule has 1 aliphatic heterocycles. The number of nitrogens with zero attached hydrogens (tertiary/aromatic N) is 4. The summed E-state index contributed by atoms with van der Waals surface area (Å²) in [7, 11) is 1.62. The van der Waals surface area contributed by atoms with Crippen molar-refractivity contribution in [1.29, 1.82) is 0 Å². The van der Waals surface area contributed by atoms with Crippen LogP contribution in [-0.4, -0.2) is 53.6 Å². The number of aryl methyl sites for hydroxylation is 1. The van der Waals surface area contributed by atoms with Crippen LogP contribution in [0.1, 0.15) is 51.5 Å². The van der Waals surface area contributed by atoms with Gasteiger partial charge in [0, 0.05) is 38.2 Å². The molecule has 0 unspecified atom stereocenters. The number of amides is 1. The van der Waals surface area contributed by atoms with Gasteiger partial charge in [-0.15, -0.1) is 0 Å². The van der Waals surface area contributed by atoms with Crippen LogP contribution in [0.2, 0.25) is 0 Å². The quantitative estimate of drug-likeness (QED) is 0.546. The molecule has 0 saturated carbocycles. The molecule has 1 amide bonds. The minimum absolute atomic E-state index is 0.143. The second kappa shape index (κ2) is 11.0. The first-order valence-corrected chi connectivity index (χ1v) is 11.2. The van der Waals surface area contributed by atoms with Gasteiger partial charge in [-0.05, 0) is 38.0 Å². The number of piperazine rings is 1. The zero-order valence-corrected chi connectivity index (χ0v) is 19.1. The number of carbonyl (C=O) groups excluding carboxylic acids is 1. The molecule has 2 aromatic rings. The first kappa shape index (κ1) is 22.8. The van der Waals surface area contributed by atoms with Gasteiger partial charge in [0.1, 0.15) is 12.1 Å². The fraction of sp³-hybridized carbons (Fsp3) is 0.542. The fourth-order valence-electron chi connectivity index (χ4n) is 3.91. The summed E-state index contributed by atoms with van der Waals surface area (Å²) in [6.45, 7) is 8.49. The summed E-state index contributed by atoms with van der Waals surface area (Å²) >= 11 is 0. The molecule has 0 aliphatic carbocycles. The van der Waals surface area contributed by atoms with E-state index in [1.165, 1.54) is 19.2 Å². The average Bonchev–Trinajstić information content (AvgIpc) is 2.78. The van der Waals surface area contributed by atoms with Crippen LogP contribution in [0.15, 0.2) is 30.6 Å². The number of rotatable bonds is 9. The number of unbranched alkanes of at least 4 members (excludes halogenated alkanes) is 3. The molecule has 1 atom stereocenters. The normalized spacial score (nSPS) is 16.3. The van der Waals surface area contributed by atoms with E-state index in [9.17, 15) is 4.79 Å². The Labute approximate surface area is 185 Å². The number of hydrogen-bond acceptors (Lipinski definition) is 6. The van der Waals surface area contributed by atoms with Crippen LogP contribution in [0, 0.1) is 6.92 Å². The van der Waals surface area contributed by atoms with Gasteiger partial charge in [-0.2, -0.15) is 0 Å². The van der Waals surface area contributed by atoms with Gasteiger partial charge in [-0.25, -0.2) is 9.97 Å². The lowest BCUT2D eigenvalue weighted by Crippen LogP contribution is -2.54. The molecule has 0 spiro atoms. The van der Waals surface area contributed by atoms with E-state index in [-0.39, 0.29) is 11.9 Å². The van der Waals surface area contributed by atoms with Crippen LogP contribution in [0.25, 0.3) is 0 Å². The Bertz CT molecular complexity index is 874. The van der Waals surface area contributed by atoms with Crippen molar-refractivity contribution in [3.05, 3.63) is 36.2 Å². The largest absolute Gasteiger partial charge is 0.493 e. The highest BCUT2D eigenvalue weighted by Gasteiger charge is 2.28. The third-order valence-corrected chi connectivity index (χ3v) is 5.68. The van der Waals surface area contributed by atoms with Gasteiger partial charge in [0.05, 0.1) is 7.11 Å². The Balaban J connectivity index is 1.61. The van der Waals surface area contributed by atoms with E-state index in [2.05, 4.69) is 28.7 Å². The predicted octanol–water partition coefficient (Wildman–Crippen LogP) is 4.59. The topological polar surface area (TPSA) is 67.8 Å². The summed E-state index contributed by atoms with van der Waals surface area (Å²) in [5.41, 5.74) is 1.10. The molecule has 1 fully saturated rings. The van der Waals surface area contributed by atoms with E-state index in [1.54, 1.807) is 7.11 Å². The maximum Gasteiger partial charge on any atom is 0.224 e. The number of aromatic nitrogens is 2. The molecular weight excluding hydrogens is 392 g/mol. The summed E-state index contributed by atoms with van der Waals surface area (Å²) in [5.74, 6) is 2.82. The SMILES string of the molecule is CCCCCCC(=O)N1CCN(c2cc(Oc3ccc(C)cc3OC)ncn2)C[C@@H]1C. The van der Waals surface area contributed by atoms with Gasteiger partial charge in [0.25, 0.3) is 0 Å². The van der Waals surface area contributed by atoms with Gasteiger partial charge in [0.2, 0.25) is 11.8 Å². The van der Waals surface area contributed by atoms with Crippen LogP contribution in [0.4, 0.5) is 5.82 Å². The highest BCUT2D eigenvalue weighted by molar-refractivity contribution is 5.76. The van der Waals surface area contributed by atoms with Gasteiger partial charge < -0.3 is 19.3 Å². The van der Waals surface area contributed by atoms with Crippen LogP contribution in [0.5, 0.6) is 17.4 Å². The second-order valence-electron chi connectivity index (χ2n) is 8.16. The first-order valence-electron chi connectivity index (χ1n) is 11.2. The second-order valence-corrected chi connectivity index (χ2v) is 8.16. The minimum Gasteiger partial charge on any atom is -0.493 e. The average molecular weight is 427 g/mol. The monoisotopic (exact) mass is 426 g/mol. The molecule has 0 radical (unpaired) electrons. The Morgan fingerprint density at radius 3 is 2.71 bits per heavy atom. The minimum atomic E-state index is 0.143. The van der Waals surface area contributed by atoms with E-state index in [0.717, 1.165) is 37.3 Å². The molecule has 0 N–H and O–H groups in total. The van der Waals surface area contributed by atoms with Crippen molar-refractivity contribution in [2.24, 2.45) is 0 Å². The van der Waals surface area contributed by atoms with Gasteiger partial charge in [-0.1, -0.05) is 32.3 Å². The summed E-state index contributed by atoms with van der Waals surface area (Å²) in [5, 5.41) is 0. The lowest BCUT2D eigenvalue weighted by Gasteiger charge is -2.40. The molecule has 168 valence electrons. The van der Waals surface area contributed by atoms with Crippen LogP contribution in [0.3, 0.4) is 0 Å². The van der Waals surface area contributed by atoms with Gasteiger partial charge in [0.15, 0.2) is 11.5 Å². The number of benzene rings is 1. The molecule has 1 aromatic heterocycles. The van der Waals surface area contributed by atoms with Crippen molar-refractivity contribution in [3.8, 4) is 17.4 Å². The van der Waals surface area contributed by atoms with Crippen molar-refractivity contribution in [1.82, 2.24) is 14.9 Å². The van der Waals surface area contributed by atoms with Crippen LogP contribution < -0.4 is 14.4 Å². The number of hydrogen-bond donors (Lipinski definition) is 0. The maximum atomic E-state index is 12.6. The number of methoxy groups -OCH3 is 1. The van der Waals surface area contributed by atoms with Crippen molar-refractivity contribution in [2.45, 2.75) is 58.9 Å². The number of anilines is 1. The van der Waals surface area contributed by atoms with E-state index in [0.29, 0.717) is 30.3 Å². The Morgan fingerprint density at radius 1 is 1.13 bits per heavy atom. The Hall–Kier alpha value is -2.83. The molecular formula is C24H34N4O3. The number of carbonyl (C=O) groups is 1. The Kier molecular flexibility index (Phi) is 8.09. The molecule has 1 aromatic carbocycles. The van der Waals surface area contributed by atoms with Crippen LogP contribution >= 0.6 is 0 Å². The Morgan fingerprint density at radius 2 is 1.97 bits per heavy atom. The molecule has 1 saturated heterocycles. The zero-order valence-electron chi connectivity index (χ0n) is 19.1. The van der Waals surface area contributed by atoms with Crippen molar-refractivity contribution in [3.63, 3.8) is 0 Å². The van der Waals surface area contributed by atoms with Crippen molar-refractivity contribution >= 4 is 11.7 Å². The van der Waals surface area contributed by atoms with E-state index >= 15 is 0 Å². The van der Waals surface area contributed by atoms with Crippen LogP contribution in [-0.2, 0) is 4.79 Å². The third kappa shape index (κ3) is 6.09. The number of ether oxygens (including phenoxy) is 2.